The molecule has 0 unspecified atom stereocenters. The van der Waals surface area contributed by atoms with Gasteiger partial charge in [0.15, 0.2) is 0 Å². The molecule has 0 N–H and O–H groups in total. The van der Waals surface area contributed by atoms with Gasteiger partial charge in [-0.1, -0.05) is 391 Å². The molecular formula is C86H172N2O. The van der Waals surface area contributed by atoms with Gasteiger partial charge in [0.1, 0.15) is 11.5 Å². The fourth-order valence-corrected chi connectivity index (χ4v) is 5.42. The van der Waals surface area contributed by atoms with Crippen molar-refractivity contribution in [2.45, 2.75) is 322 Å². The summed E-state index contributed by atoms with van der Waals surface area (Å²) in [5.41, 5.74) is 10.9. The Labute approximate surface area is 569 Å². The van der Waals surface area contributed by atoms with Gasteiger partial charge in [-0.15, -0.1) is 0 Å². The lowest BCUT2D eigenvalue weighted by atomic mass is 10.1. The first-order valence-electron chi connectivity index (χ1n) is 33.3. The van der Waals surface area contributed by atoms with E-state index in [1.807, 2.05) is 240 Å². The lowest BCUT2D eigenvalue weighted by molar-refractivity contribution is 0.501. The van der Waals surface area contributed by atoms with Crippen LogP contribution >= 0.6 is 0 Å². The van der Waals surface area contributed by atoms with Crippen LogP contribution in [0.25, 0.3) is 21.5 Å². The van der Waals surface area contributed by atoms with Crippen molar-refractivity contribution in [3.63, 3.8) is 0 Å². The van der Waals surface area contributed by atoms with Crippen molar-refractivity contribution in [3.8, 4) is 0 Å². The zero-order valence-corrected chi connectivity index (χ0v) is 63.7. The lowest BCUT2D eigenvalue weighted by Crippen LogP contribution is -1.92. The van der Waals surface area contributed by atoms with Gasteiger partial charge in [-0.3, -0.25) is 4.98 Å². The second-order valence-electron chi connectivity index (χ2n) is 13.3. The third-order valence-corrected chi connectivity index (χ3v) is 9.68. The molecule has 0 bridgehead atoms. The molecule has 0 radical (unpaired) electrons. The summed E-state index contributed by atoms with van der Waals surface area (Å²) in [6.45, 7) is 81.0. The Morgan fingerprint density at radius 3 is 0.494 bits per heavy atom. The van der Waals surface area contributed by atoms with Gasteiger partial charge in [0.05, 0.1) is 0 Å². The summed E-state index contributed by atoms with van der Waals surface area (Å²) in [7, 11) is 2.12. The molecule has 3 heterocycles. The van der Waals surface area contributed by atoms with E-state index in [0.717, 1.165) is 11.5 Å². The highest BCUT2D eigenvalue weighted by molar-refractivity contribution is 5.82. The Hall–Kier alpha value is -5.67. The highest BCUT2D eigenvalue weighted by Gasteiger charge is 2.06. The molecular weight excluding hydrogens is 1080 g/mol. The Balaban J connectivity index is -0.0000000355. The Morgan fingerprint density at radius 1 is 0.236 bits per heavy atom. The summed E-state index contributed by atoms with van der Waals surface area (Å²) in [5.74, 6) is 2.09. The molecule has 3 nitrogen and oxygen atoms in total. The zero-order valence-electron chi connectivity index (χ0n) is 63.7. The molecule has 0 fully saturated rings. The standard InChI is InChI=1S/2C10H8.C9H15N.C8H12O.C8H10.C5H5N.15C2H6.6CH4/c2*1-2-6-10-8-4-3-7-9(10)5-1;1-6-7(2)9(4)10(5)8(6)3;1-5-6(2)8(4)9-7(5)3;1-7-3-5-8(2)6-4-7;1-2-4-6-5-3-1;15*1-2;;;;;;/h2*1-8H;1-5H3;1-4H3;3-6H,1-2H3;1-5H;15*1-2H3;6*1H4. The molecule has 532 valence electrons. The number of furan rings is 1. The summed E-state index contributed by atoms with van der Waals surface area (Å²) in [4.78, 5) is 3.78. The van der Waals surface area contributed by atoms with E-state index in [2.05, 4.69) is 193 Å². The molecule has 8 rings (SSSR count). The number of aryl methyl sites for hydroxylation is 4. The van der Waals surface area contributed by atoms with Crippen LogP contribution in [0.15, 0.2) is 156 Å². The number of benzene rings is 5. The third kappa shape index (κ3) is 78.4. The SMILES string of the molecule is C.C.C.C.C.C.CC.CC.CC.CC.CC.CC.CC.CC.CC.CC.CC.CC.CC.CC.CC.Cc1c(C)c(C)n(C)c1C.Cc1ccc(C)cc1.Cc1oc(C)c(C)c1C.c1ccc2ccccc2c1.c1ccc2ccccc2c1.c1ccncc1. The lowest BCUT2D eigenvalue weighted by Gasteiger charge is -1.98. The number of pyridine rings is 1. The van der Waals surface area contributed by atoms with Crippen molar-refractivity contribution in [3.05, 3.63) is 208 Å². The average molecular weight is 1250 g/mol. The van der Waals surface area contributed by atoms with Crippen LogP contribution in [-0.2, 0) is 7.05 Å². The summed E-state index contributed by atoms with van der Waals surface area (Å²) in [6.07, 6.45) is 3.50. The summed E-state index contributed by atoms with van der Waals surface area (Å²) in [6, 6.07) is 47.6. The van der Waals surface area contributed by atoms with E-state index in [0.29, 0.717) is 0 Å². The largest absolute Gasteiger partial charge is 0.466 e. The van der Waals surface area contributed by atoms with Crippen molar-refractivity contribution in [1.82, 2.24) is 9.55 Å². The molecule has 89 heavy (non-hydrogen) atoms. The molecule has 0 aliphatic rings. The van der Waals surface area contributed by atoms with Gasteiger partial charge in [-0.2, -0.15) is 0 Å². The van der Waals surface area contributed by atoms with E-state index >= 15 is 0 Å². The second-order valence-corrected chi connectivity index (χ2v) is 13.3. The minimum atomic E-state index is 0. The van der Waals surface area contributed by atoms with E-state index in [9.17, 15) is 0 Å². The van der Waals surface area contributed by atoms with Crippen molar-refractivity contribution in [2.24, 2.45) is 7.05 Å². The first-order chi connectivity index (χ1) is 40.4. The van der Waals surface area contributed by atoms with E-state index < -0.39 is 0 Å². The number of rotatable bonds is 0. The molecule has 0 saturated heterocycles. The van der Waals surface area contributed by atoms with E-state index in [1.165, 1.54) is 66.3 Å². The van der Waals surface area contributed by atoms with Gasteiger partial charge in [-0.05, 0) is 125 Å². The molecule has 3 aromatic heterocycles. The summed E-state index contributed by atoms with van der Waals surface area (Å²) >= 11 is 0. The Kier molecular flexibility index (Phi) is 190. The minimum Gasteiger partial charge on any atom is -0.466 e. The monoisotopic (exact) mass is 1250 g/mol. The maximum Gasteiger partial charge on any atom is 0.104 e. The van der Waals surface area contributed by atoms with Crippen LogP contribution in [0, 0.1) is 69.2 Å². The predicted molar refractivity (Wildman–Crippen MR) is 441 cm³/mol. The molecule has 3 heteroatoms. The predicted octanol–water partition coefficient (Wildman–Crippen LogP) is 33.0. The summed E-state index contributed by atoms with van der Waals surface area (Å²) < 4.78 is 7.59. The molecule has 5 aromatic carbocycles. The highest BCUT2D eigenvalue weighted by atomic mass is 16.3. The molecule has 0 atom stereocenters. The topological polar surface area (TPSA) is 31.0 Å². The zero-order chi connectivity index (χ0) is 68.8. The fourth-order valence-electron chi connectivity index (χ4n) is 5.42. The second kappa shape index (κ2) is 124. The van der Waals surface area contributed by atoms with E-state index in [-0.39, 0.29) is 44.6 Å². The Bertz CT molecular complexity index is 1890. The van der Waals surface area contributed by atoms with Crippen molar-refractivity contribution < 1.29 is 4.42 Å². The van der Waals surface area contributed by atoms with Crippen LogP contribution in [0.3, 0.4) is 0 Å². The van der Waals surface area contributed by atoms with Gasteiger partial charge in [0, 0.05) is 30.8 Å². The van der Waals surface area contributed by atoms with Crippen LogP contribution < -0.4 is 0 Å². The normalized spacial score (nSPS) is 6.84. The number of hydrogen-bond acceptors (Lipinski definition) is 2. The van der Waals surface area contributed by atoms with Crippen molar-refractivity contribution >= 4 is 21.5 Å². The number of fused-ring (bicyclic) bond motifs is 2. The molecule has 0 aliphatic heterocycles. The quantitative estimate of drug-likeness (QED) is 0.152. The highest BCUT2D eigenvalue weighted by Crippen LogP contribution is 2.19. The van der Waals surface area contributed by atoms with Gasteiger partial charge in [-0.25, -0.2) is 0 Å². The van der Waals surface area contributed by atoms with Gasteiger partial charge in [0.25, 0.3) is 0 Å². The molecule has 8 aromatic rings. The van der Waals surface area contributed by atoms with Crippen LogP contribution in [-0.4, -0.2) is 9.55 Å². The van der Waals surface area contributed by atoms with Crippen LogP contribution in [0.5, 0.6) is 0 Å². The first-order valence-corrected chi connectivity index (χ1v) is 33.3. The average Bonchev–Trinajstić information content (AvgIpc) is 3.94. The maximum absolute atomic E-state index is 5.34. The van der Waals surface area contributed by atoms with Crippen LogP contribution in [0.2, 0.25) is 0 Å². The van der Waals surface area contributed by atoms with Gasteiger partial charge in [0.2, 0.25) is 0 Å². The van der Waals surface area contributed by atoms with E-state index in [4.69, 9.17) is 4.42 Å². The van der Waals surface area contributed by atoms with Crippen molar-refractivity contribution in [2.75, 3.05) is 0 Å². The number of aromatic nitrogens is 2. The molecule has 0 spiro atoms. The van der Waals surface area contributed by atoms with Gasteiger partial charge >= 0.3 is 0 Å². The Morgan fingerprint density at radius 2 is 0.404 bits per heavy atom. The molecule has 0 amide bonds. The minimum absolute atomic E-state index is 0. The fraction of sp³-hybridized carbons (Fsp3) is 0.547. The molecule has 0 saturated carbocycles. The number of hydrogen-bond donors (Lipinski definition) is 0. The smallest absolute Gasteiger partial charge is 0.104 e. The van der Waals surface area contributed by atoms with Crippen molar-refractivity contribution in [1.29, 1.82) is 0 Å². The maximum atomic E-state index is 5.34. The first kappa shape index (κ1) is 136. The van der Waals surface area contributed by atoms with Gasteiger partial charge < -0.3 is 8.98 Å². The van der Waals surface area contributed by atoms with Crippen LogP contribution in [0.1, 0.15) is 309 Å². The van der Waals surface area contributed by atoms with E-state index in [1.54, 1.807) is 12.4 Å². The number of nitrogens with zero attached hydrogens (tertiary/aromatic N) is 2. The van der Waals surface area contributed by atoms with Crippen LogP contribution in [0.4, 0.5) is 0 Å². The summed E-state index contributed by atoms with van der Waals surface area (Å²) in [5, 5.41) is 5.24. The molecule has 0 aliphatic carbocycles. The third-order valence-electron chi connectivity index (χ3n) is 9.68.